The van der Waals surface area contributed by atoms with Crippen LogP contribution < -0.4 is 9.47 Å². The molecule has 2 aromatic carbocycles. The quantitative estimate of drug-likeness (QED) is 0.210. The summed E-state index contributed by atoms with van der Waals surface area (Å²) in [6, 6.07) is 12.3. The van der Waals surface area contributed by atoms with Crippen molar-refractivity contribution < 1.29 is 28.5 Å². The van der Waals surface area contributed by atoms with Crippen molar-refractivity contribution in [2.75, 3.05) is 14.2 Å². The first kappa shape index (κ1) is 26.9. The van der Waals surface area contributed by atoms with Crippen molar-refractivity contribution in [2.24, 2.45) is 0 Å². The van der Waals surface area contributed by atoms with Crippen molar-refractivity contribution in [3.8, 4) is 57.2 Å². The van der Waals surface area contributed by atoms with Crippen LogP contribution in [0.2, 0.25) is 5.02 Å². The SMILES string of the molecule is CCCCc1nc(O)c(-c2nnc(Cc3nnc(-c4cccc(Cl)c4)o3)o2)c(O)c1-c1c(OC)cccc1OC. The minimum Gasteiger partial charge on any atom is -0.506 e. The molecule has 3 aromatic heterocycles. The molecule has 5 aromatic rings. The second-order valence-corrected chi connectivity index (χ2v) is 9.25. The van der Waals surface area contributed by atoms with Crippen LogP contribution in [0.15, 0.2) is 51.3 Å². The van der Waals surface area contributed by atoms with E-state index in [1.54, 1.807) is 42.5 Å². The highest BCUT2D eigenvalue weighted by Crippen LogP contribution is 2.49. The predicted molar refractivity (Wildman–Crippen MR) is 146 cm³/mol. The van der Waals surface area contributed by atoms with Gasteiger partial charge in [0.1, 0.15) is 29.2 Å². The largest absolute Gasteiger partial charge is 0.506 e. The number of unbranched alkanes of at least 4 members (excludes halogenated alkanes) is 1. The Balaban J connectivity index is 1.54. The normalized spacial score (nSPS) is 11.1. The Hall–Kier alpha value is -4.64. The highest BCUT2D eigenvalue weighted by Gasteiger charge is 2.29. The molecule has 11 nitrogen and oxygen atoms in total. The number of aromatic nitrogens is 5. The molecular formula is C28H26ClN5O6. The molecular weight excluding hydrogens is 538 g/mol. The predicted octanol–water partition coefficient (Wildman–Crippen LogP) is 5.86. The van der Waals surface area contributed by atoms with Gasteiger partial charge < -0.3 is 28.5 Å². The van der Waals surface area contributed by atoms with E-state index < -0.39 is 5.88 Å². The van der Waals surface area contributed by atoms with Gasteiger partial charge in [0.15, 0.2) is 0 Å². The van der Waals surface area contributed by atoms with Crippen LogP contribution in [0.25, 0.3) is 34.0 Å². The van der Waals surface area contributed by atoms with Crippen molar-refractivity contribution in [3.63, 3.8) is 0 Å². The van der Waals surface area contributed by atoms with Crippen LogP contribution in [0.3, 0.4) is 0 Å². The number of nitrogens with zero attached hydrogens (tertiary/aromatic N) is 5. The van der Waals surface area contributed by atoms with Gasteiger partial charge in [-0.05, 0) is 43.2 Å². The second-order valence-electron chi connectivity index (χ2n) is 8.81. The lowest BCUT2D eigenvalue weighted by molar-refractivity contribution is 0.395. The maximum Gasteiger partial charge on any atom is 0.257 e. The summed E-state index contributed by atoms with van der Waals surface area (Å²) in [5, 5.41) is 39.2. The standard InChI is InChI=1S/C28H26ClN5O6/c1-4-5-10-17-22(23-18(37-2)11-7-12-19(23)38-3)25(35)24(26(36)30-17)28-34-32-21(40-28)14-20-31-33-27(39-20)15-8-6-9-16(29)13-15/h6-9,11-13H,4-5,10,14H2,1-3H3,(H2,30,35,36). The van der Waals surface area contributed by atoms with Crippen molar-refractivity contribution >= 4 is 11.6 Å². The van der Waals surface area contributed by atoms with E-state index in [1.807, 2.05) is 6.92 Å². The van der Waals surface area contributed by atoms with Crippen LogP contribution in [0.1, 0.15) is 37.2 Å². The van der Waals surface area contributed by atoms with Crippen LogP contribution in [0.5, 0.6) is 23.1 Å². The summed E-state index contributed by atoms with van der Waals surface area (Å²) in [7, 11) is 3.05. The van der Waals surface area contributed by atoms with Gasteiger partial charge in [0.05, 0.1) is 31.0 Å². The topological polar surface area (TPSA) is 150 Å². The van der Waals surface area contributed by atoms with Crippen molar-refractivity contribution in [1.29, 1.82) is 0 Å². The van der Waals surface area contributed by atoms with Gasteiger partial charge >= 0.3 is 0 Å². The summed E-state index contributed by atoms with van der Waals surface area (Å²) in [5.74, 6) is 0.690. The molecule has 0 bridgehead atoms. The third-order valence-corrected chi connectivity index (χ3v) is 6.43. The highest BCUT2D eigenvalue weighted by molar-refractivity contribution is 6.30. The number of rotatable bonds is 10. The lowest BCUT2D eigenvalue weighted by Gasteiger charge is -2.18. The Bertz CT molecular complexity index is 1630. The number of aryl methyl sites for hydroxylation is 1. The van der Waals surface area contributed by atoms with Crippen LogP contribution in [-0.2, 0) is 12.8 Å². The summed E-state index contributed by atoms with van der Waals surface area (Å²) < 4.78 is 22.7. The molecule has 3 heterocycles. The van der Waals surface area contributed by atoms with Crippen LogP contribution in [0.4, 0.5) is 0 Å². The number of aromatic hydroxyl groups is 2. The Morgan fingerprint density at radius 1 is 0.825 bits per heavy atom. The molecule has 0 saturated heterocycles. The van der Waals surface area contributed by atoms with Gasteiger partial charge in [-0.1, -0.05) is 37.1 Å². The lowest BCUT2D eigenvalue weighted by Crippen LogP contribution is -2.01. The van der Waals surface area contributed by atoms with Crippen molar-refractivity contribution in [3.05, 3.63) is 65.0 Å². The smallest absolute Gasteiger partial charge is 0.257 e. The van der Waals surface area contributed by atoms with E-state index in [0.29, 0.717) is 45.3 Å². The van der Waals surface area contributed by atoms with Crippen LogP contribution in [0, 0.1) is 0 Å². The van der Waals surface area contributed by atoms with Crippen molar-refractivity contribution in [1.82, 2.24) is 25.4 Å². The third-order valence-electron chi connectivity index (χ3n) is 6.19. The number of pyridine rings is 1. The zero-order valence-electron chi connectivity index (χ0n) is 22.0. The number of halogens is 1. The Morgan fingerprint density at radius 2 is 1.48 bits per heavy atom. The van der Waals surface area contributed by atoms with Crippen molar-refractivity contribution in [2.45, 2.75) is 32.6 Å². The molecule has 5 rings (SSSR count). The molecule has 40 heavy (non-hydrogen) atoms. The highest BCUT2D eigenvalue weighted by atomic mass is 35.5. The molecule has 12 heteroatoms. The average Bonchev–Trinajstić information content (AvgIpc) is 3.61. The molecule has 0 amide bonds. The molecule has 0 aliphatic heterocycles. The van der Waals surface area contributed by atoms with Gasteiger partial charge in [-0.25, -0.2) is 4.98 Å². The fourth-order valence-corrected chi connectivity index (χ4v) is 4.50. The van der Waals surface area contributed by atoms with Gasteiger partial charge in [0, 0.05) is 10.6 Å². The molecule has 0 unspecified atom stereocenters. The van der Waals surface area contributed by atoms with E-state index in [4.69, 9.17) is 29.9 Å². The lowest BCUT2D eigenvalue weighted by atomic mass is 9.95. The monoisotopic (exact) mass is 563 g/mol. The summed E-state index contributed by atoms with van der Waals surface area (Å²) in [5.41, 5.74) is 1.86. The number of methoxy groups -OCH3 is 2. The summed E-state index contributed by atoms with van der Waals surface area (Å²) in [6.45, 7) is 2.04. The second kappa shape index (κ2) is 11.6. The van der Waals surface area contributed by atoms with E-state index in [0.717, 1.165) is 12.8 Å². The zero-order valence-corrected chi connectivity index (χ0v) is 22.8. The van der Waals surface area contributed by atoms with E-state index in [-0.39, 0.29) is 41.3 Å². The molecule has 0 fully saturated rings. The van der Waals surface area contributed by atoms with Gasteiger partial charge in [-0.15, -0.1) is 20.4 Å². The first-order chi connectivity index (χ1) is 19.4. The maximum absolute atomic E-state index is 11.6. The Morgan fingerprint density at radius 3 is 2.12 bits per heavy atom. The minimum atomic E-state index is -0.447. The minimum absolute atomic E-state index is 0.0251. The Labute approximate surface area is 234 Å². The fraction of sp³-hybridized carbons (Fsp3) is 0.250. The van der Waals surface area contributed by atoms with Gasteiger partial charge in [0.25, 0.3) is 5.89 Å². The number of hydrogen-bond donors (Lipinski definition) is 2. The fourth-order valence-electron chi connectivity index (χ4n) is 4.31. The summed E-state index contributed by atoms with van der Waals surface area (Å²) in [4.78, 5) is 4.42. The molecule has 0 aliphatic carbocycles. The zero-order chi connectivity index (χ0) is 28.2. The molecule has 0 saturated carbocycles. The van der Waals surface area contributed by atoms with Gasteiger partial charge in [0.2, 0.25) is 23.6 Å². The number of benzene rings is 2. The summed E-state index contributed by atoms with van der Waals surface area (Å²) in [6.07, 6.45) is 2.18. The molecule has 0 spiro atoms. The Kier molecular flexibility index (Phi) is 7.83. The molecule has 0 aliphatic rings. The van der Waals surface area contributed by atoms with E-state index in [9.17, 15) is 10.2 Å². The average molecular weight is 564 g/mol. The van der Waals surface area contributed by atoms with Gasteiger partial charge in [-0.3, -0.25) is 0 Å². The molecule has 2 N–H and O–H groups in total. The summed E-state index contributed by atoms with van der Waals surface area (Å²) >= 11 is 6.05. The molecule has 0 radical (unpaired) electrons. The molecule has 0 atom stereocenters. The van der Waals surface area contributed by atoms with Crippen LogP contribution in [-0.4, -0.2) is 49.8 Å². The van der Waals surface area contributed by atoms with Crippen LogP contribution >= 0.6 is 11.6 Å². The third kappa shape index (κ3) is 5.28. The van der Waals surface area contributed by atoms with E-state index in [1.165, 1.54) is 14.2 Å². The van der Waals surface area contributed by atoms with E-state index in [2.05, 4.69) is 25.4 Å². The first-order valence-corrected chi connectivity index (χ1v) is 12.9. The number of hydrogen-bond acceptors (Lipinski definition) is 11. The number of ether oxygens (including phenoxy) is 2. The van der Waals surface area contributed by atoms with E-state index >= 15 is 0 Å². The first-order valence-electron chi connectivity index (χ1n) is 12.5. The maximum atomic E-state index is 11.6. The van der Waals surface area contributed by atoms with Gasteiger partial charge in [-0.2, -0.15) is 0 Å². The molecule has 206 valence electrons.